The average molecular weight is 431 g/mol. The molecule has 0 spiro atoms. The average Bonchev–Trinajstić information content (AvgIpc) is 3.10. The number of ketones is 1. The van der Waals surface area contributed by atoms with Gasteiger partial charge in [-0.2, -0.15) is 0 Å². The lowest BCUT2D eigenvalue weighted by Gasteiger charge is -2.60. The Morgan fingerprint density at radius 1 is 1.06 bits per heavy atom. The van der Waals surface area contributed by atoms with Crippen molar-refractivity contribution in [1.82, 2.24) is 0 Å². The van der Waals surface area contributed by atoms with Gasteiger partial charge in [-0.05, 0) is 86.5 Å². The summed E-state index contributed by atoms with van der Waals surface area (Å²) in [5.41, 5.74) is 1.29. The number of aliphatic hydroxyl groups excluding tert-OH is 1. The van der Waals surface area contributed by atoms with E-state index in [9.17, 15) is 9.90 Å². The second kappa shape index (κ2) is 7.95. The Bertz CT molecular complexity index is 738. The van der Waals surface area contributed by atoms with Gasteiger partial charge < -0.3 is 14.6 Å². The highest BCUT2D eigenvalue weighted by atomic mass is 16.7. The molecule has 4 heteroatoms. The van der Waals surface area contributed by atoms with E-state index in [-0.39, 0.29) is 41.0 Å². The van der Waals surface area contributed by atoms with E-state index in [1.165, 1.54) is 44.1 Å². The van der Waals surface area contributed by atoms with Crippen molar-refractivity contribution in [2.45, 2.75) is 103 Å². The highest BCUT2D eigenvalue weighted by Gasteiger charge is 2.62. The summed E-state index contributed by atoms with van der Waals surface area (Å²) in [6.07, 6.45) is 15.4. The molecular weight excluding hydrogens is 388 g/mol. The molecule has 174 valence electrons. The maximum Gasteiger partial charge on any atom is 0.168 e. The molecule has 1 N–H and O–H groups in total. The van der Waals surface area contributed by atoms with Crippen molar-refractivity contribution in [1.29, 1.82) is 0 Å². The normalized spacial score (nSPS) is 46.6. The Morgan fingerprint density at radius 2 is 1.84 bits per heavy atom. The molecule has 0 bridgehead atoms. The van der Waals surface area contributed by atoms with Crippen LogP contribution in [-0.2, 0) is 14.3 Å². The molecule has 2 unspecified atom stereocenters. The van der Waals surface area contributed by atoms with Gasteiger partial charge in [0.1, 0.15) is 0 Å². The first-order valence-electron chi connectivity index (χ1n) is 13.0. The van der Waals surface area contributed by atoms with Crippen LogP contribution in [0.25, 0.3) is 0 Å². The minimum absolute atomic E-state index is 0.172. The van der Waals surface area contributed by atoms with E-state index in [0.717, 1.165) is 32.1 Å². The fourth-order valence-corrected chi connectivity index (χ4v) is 8.99. The Kier molecular flexibility index (Phi) is 5.67. The van der Waals surface area contributed by atoms with E-state index in [1.54, 1.807) is 0 Å². The van der Waals surface area contributed by atoms with Crippen LogP contribution in [0.4, 0.5) is 0 Å². The summed E-state index contributed by atoms with van der Waals surface area (Å²) in [7, 11) is 1.84. The van der Waals surface area contributed by atoms with Gasteiger partial charge in [-0.15, -0.1) is 0 Å². The molecule has 0 aromatic heterocycles. The van der Waals surface area contributed by atoms with Crippen LogP contribution in [0.2, 0.25) is 0 Å². The molecule has 0 aromatic rings. The van der Waals surface area contributed by atoms with Gasteiger partial charge in [0, 0.05) is 31.8 Å². The van der Waals surface area contributed by atoms with Crippen LogP contribution in [0.1, 0.15) is 90.9 Å². The van der Waals surface area contributed by atoms with Crippen molar-refractivity contribution in [3.05, 3.63) is 11.6 Å². The molecule has 0 amide bonds. The van der Waals surface area contributed by atoms with Gasteiger partial charge in [0.2, 0.25) is 0 Å². The topological polar surface area (TPSA) is 55.8 Å². The van der Waals surface area contributed by atoms with Gasteiger partial charge in [-0.1, -0.05) is 25.8 Å². The van der Waals surface area contributed by atoms with Gasteiger partial charge in [-0.25, -0.2) is 0 Å². The number of carbonyl (C=O) groups is 1. The van der Waals surface area contributed by atoms with Crippen LogP contribution >= 0.6 is 0 Å². The molecular formula is C27H42O4. The number of hydrogen-bond acceptors (Lipinski definition) is 4. The minimum Gasteiger partial charge on any atom is -0.395 e. The maximum atomic E-state index is 12.3. The highest BCUT2D eigenvalue weighted by molar-refractivity contribution is 5.92. The summed E-state index contributed by atoms with van der Waals surface area (Å²) in [5.74, 6) is 1.93. The van der Waals surface area contributed by atoms with Crippen LogP contribution in [0.5, 0.6) is 0 Å². The van der Waals surface area contributed by atoms with Crippen LogP contribution in [0.15, 0.2) is 11.6 Å². The van der Waals surface area contributed by atoms with Gasteiger partial charge in [0.15, 0.2) is 11.6 Å². The van der Waals surface area contributed by atoms with Gasteiger partial charge >= 0.3 is 0 Å². The zero-order chi connectivity index (χ0) is 21.9. The number of rotatable bonds is 4. The smallest absolute Gasteiger partial charge is 0.168 e. The molecule has 0 heterocycles. The van der Waals surface area contributed by atoms with Crippen LogP contribution in [0.3, 0.4) is 0 Å². The van der Waals surface area contributed by atoms with Crippen molar-refractivity contribution in [3.8, 4) is 0 Å². The van der Waals surface area contributed by atoms with Crippen molar-refractivity contribution in [3.63, 3.8) is 0 Å². The lowest BCUT2D eigenvalue weighted by atomic mass is 9.45. The molecule has 0 aromatic carbocycles. The fraction of sp³-hybridized carbons (Fsp3) is 0.889. The fourth-order valence-electron chi connectivity index (χ4n) is 8.99. The third-order valence-electron chi connectivity index (χ3n) is 10.7. The lowest BCUT2D eigenvalue weighted by Crippen LogP contribution is -2.56. The summed E-state index contributed by atoms with van der Waals surface area (Å²) < 4.78 is 12.9. The summed E-state index contributed by atoms with van der Waals surface area (Å²) in [4.78, 5) is 12.3. The molecule has 4 nitrogen and oxygen atoms in total. The summed E-state index contributed by atoms with van der Waals surface area (Å²) in [6.45, 7) is 4.90. The monoisotopic (exact) mass is 430 g/mol. The predicted octanol–water partition coefficient (Wildman–Crippen LogP) is 5.43. The van der Waals surface area contributed by atoms with Gasteiger partial charge in [0.05, 0.1) is 12.7 Å². The number of ether oxygens (including phenoxy) is 2. The first kappa shape index (κ1) is 22.1. The Morgan fingerprint density at radius 3 is 2.55 bits per heavy atom. The van der Waals surface area contributed by atoms with Crippen LogP contribution in [-0.4, -0.2) is 36.5 Å². The van der Waals surface area contributed by atoms with Crippen LogP contribution in [0, 0.1) is 34.5 Å². The molecule has 5 aliphatic carbocycles. The quantitative estimate of drug-likeness (QED) is 0.604. The second-order valence-corrected chi connectivity index (χ2v) is 11.8. The number of fused-ring (bicyclic) bond motifs is 5. The molecule has 4 saturated carbocycles. The number of methoxy groups -OCH3 is 1. The summed E-state index contributed by atoms with van der Waals surface area (Å²) in [6, 6.07) is 0. The first-order valence-corrected chi connectivity index (χ1v) is 13.0. The zero-order valence-electron chi connectivity index (χ0n) is 19.8. The van der Waals surface area contributed by atoms with E-state index >= 15 is 0 Å². The SMILES string of the molecule is COC1(OC2CC[C@H]3[C@@H]4CCC5=CC(=O)CC(C)[C@]5(CO)[C@@H]4CC[C@]23C)CCCCC1. The van der Waals surface area contributed by atoms with Crippen molar-refractivity contribution < 1.29 is 19.4 Å². The first-order chi connectivity index (χ1) is 14.9. The molecule has 0 saturated heterocycles. The maximum absolute atomic E-state index is 12.3. The second-order valence-electron chi connectivity index (χ2n) is 11.8. The summed E-state index contributed by atoms with van der Waals surface area (Å²) >= 11 is 0. The molecule has 5 aliphatic rings. The molecule has 0 radical (unpaired) electrons. The van der Waals surface area contributed by atoms with E-state index < -0.39 is 0 Å². The summed E-state index contributed by atoms with van der Waals surface area (Å²) in [5, 5.41) is 10.7. The highest BCUT2D eigenvalue weighted by Crippen LogP contribution is 2.67. The third-order valence-corrected chi connectivity index (χ3v) is 10.7. The molecule has 4 fully saturated rings. The van der Waals surface area contributed by atoms with Gasteiger partial charge in [0.25, 0.3) is 0 Å². The van der Waals surface area contributed by atoms with Gasteiger partial charge in [-0.3, -0.25) is 4.79 Å². The van der Waals surface area contributed by atoms with Crippen molar-refractivity contribution in [2.24, 2.45) is 34.5 Å². The number of aliphatic hydroxyl groups is 1. The zero-order valence-corrected chi connectivity index (χ0v) is 19.8. The lowest BCUT2D eigenvalue weighted by molar-refractivity contribution is -0.280. The van der Waals surface area contributed by atoms with E-state index in [1.807, 2.05) is 13.2 Å². The van der Waals surface area contributed by atoms with Crippen LogP contribution < -0.4 is 0 Å². The standard InChI is InChI=1S/C27H42O4/c1-18-15-20(29)16-19-7-8-21-22-9-10-24(31-26(30-3)12-5-4-6-13-26)25(22,2)14-11-23(21)27(18,19)17-28/h16,18,21-24,28H,4-15,17H2,1-3H3/t18?,21-,22-,23+,24?,25-,27-/m0/s1. The van der Waals surface area contributed by atoms with E-state index in [4.69, 9.17) is 9.47 Å². The Balaban J connectivity index is 1.41. The van der Waals surface area contributed by atoms with Crippen molar-refractivity contribution >= 4 is 5.78 Å². The Labute approximate surface area is 188 Å². The van der Waals surface area contributed by atoms with E-state index in [2.05, 4.69) is 13.8 Å². The molecule has 5 rings (SSSR count). The number of carbonyl (C=O) groups excluding carboxylic acids is 1. The minimum atomic E-state index is -0.370. The molecule has 31 heavy (non-hydrogen) atoms. The number of hydrogen-bond donors (Lipinski definition) is 1. The molecule has 7 atom stereocenters. The van der Waals surface area contributed by atoms with Crippen molar-refractivity contribution in [2.75, 3.05) is 13.7 Å². The third kappa shape index (κ3) is 3.22. The van der Waals surface area contributed by atoms with E-state index in [0.29, 0.717) is 24.2 Å². The predicted molar refractivity (Wildman–Crippen MR) is 120 cm³/mol. The Hall–Kier alpha value is -0.710. The largest absolute Gasteiger partial charge is 0.395 e. The molecule has 0 aliphatic heterocycles.